The first-order valence-corrected chi connectivity index (χ1v) is 6.80. The van der Waals surface area contributed by atoms with Crippen LogP contribution in [0.15, 0.2) is 24.3 Å². The Kier molecular flexibility index (Phi) is 4.30. The van der Waals surface area contributed by atoms with E-state index in [-0.39, 0.29) is 0 Å². The summed E-state index contributed by atoms with van der Waals surface area (Å²) in [5.41, 5.74) is 2.53. The monoisotopic (exact) mass is 252 g/mol. The van der Waals surface area contributed by atoms with Crippen LogP contribution >= 0.6 is 11.6 Å². The number of benzene rings is 1. The van der Waals surface area contributed by atoms with E-state index in [0.717, 1.165) is 6.54 Å². The van der Waals surface area contributed by atoms with E-state index in [1.54, 1.807) is 0 Å². The Morgan fingerprint density at radius 2 is 2.00 bits per heavy atom. The van der Waals surface area contributed by atoms with E-state index < -0.39 is 0 Å². The summed E-state index contributed by atoms with van der Waals surface area (Å²) in [6, 6.07) is 9.32. The van der Waals surface area contributed by atoms with Gasteiger partial charge in [-0.05, 0) is 44.6 Å². The quantitative estimate of drug-likeness (QED) is 0.761. The van der Waals surface area contributed by atoms with Crippen LogP contribution < -0.4 is 4.90 Å². The van der Waals surface area contributed by atoms with Crippen LogP contribution in [-0.2, 0) is 5.88 Å². The van der Waals surface area contributed by atoms with E-state index in [9.17, 15) is 0 Å². The molecule has 1 unspecified atom stereocenters. The SMILES string of the molecule is CN(C)CC1CCCN1c1ccc(CCl)cc1. The first-order valence-electron chi connectivity index (χ1n) is 6.27. The molecule has 0 spiro atoms. The molecular formula is C14H21ClN2. The summed E-state index contributed by atoms with van der Waals surface area (Å²) in [7, 11) is 4.29. The van der Waals surface area contributed by atoms with Gasteiger partial charge in [-0.3, -0.25) is 0 Å². The average molecular weight is 253 g/mol. The first-order chi connectivity index (χ1) is 8.20. The average Bonchev–Trinajstić information content (AvgIpc) is 2.76. The normalized spacial score (nSPS) is 20.2. The summed E-state index contributed by atoms with van der Waals surface area (Å²) in [5.74, 6) is 0.599. The van der Waals surface area contributed by atoms with Crippen molar-refractivity contribution in [3.63, 3.8) is 0 Å². The number of anilines is 1. The summed E-state index contributed by atoms with van der Waals surface area (Å²) in [4.78, 5) is 4.80. The van der Waals surface area contributed by atoms with Crippen LogP contribution in [-0.4, -0.2) is 38.1 Å². The van der Waals surface area contributed by atoms with Crippen LogP contribution in [0.4, 0.5) is 5.69 Å². The first kappa shape index (κ1) is 12.7. The summed E-state index contributed by atoms with van der Waals surface area (Å²) >= 11 is 5.82. The van der Waals surface area contributed by atoms with Gasteiger partial charge in [0, 0.05) is 30.7 Å². The Morgan fingerprint density at radius 3 is 2.59 bits per heavy atom. The van der Waals surface area contributed by atoms with E-state index in [4.69, 9.17) is 11.6 Å². The third kappa shape index (κ3) is 3.14. The van der Waals surface area contributed by atoms with Gasteiger partial charge >= 0.3 is 0 Å². The molecule has 1 atom stereocenters. The van der Waals surface area contributed by atoms with Gasteiger partial charge in [-0.1, -0.05) is 12.1 Å². The third-order valence-electron chi connectivity index (χ3n) is 3.38. The van der Waals surface area contributed by atoms with Crippen molar-refractivity contribution in [2.75, 3.05) is 32.1 Å². The number of rotatable bonds is 4. The van der Waals surface area contributed by atoms with Gasteiger partial charge in [0.05, 0.1) is 0 Å². The largest absolute Gasteiger partial charge is 0.367 e. The van der Waals surface area contributed by atoms with Gasteiger partial charge < -0.3 is 9.80 Å². The van der Waals surface area contributed by atoms with Crippen LogP contribution in [0.2, 0.25) is 0 Å². The van der Waals surface area contributed by atoms with Gasteiger partial charge in [0.15, 0.2) is 0 Å². The minimum absolute atomic E-state index is 0.599. The second kappa shape index (κ2) is 5.74. The lowest BCUT2D eigenvalue weighted by Gasteiger charge is -2.29. The standard InChI is InChI=1S/C14H21ClN2/c1-16(2)11-14-4-3-9-17(14)13-7-5-12(10-15)6-8-13/h5-8,14H,3-4,9-11H2,1-2H3. The highest BCUT2D eigenvalue weighted by Gasteiger charge is 2.24. The fourth-order valence-corrected chi connectivity index (χ4v) is 2.74. The topological polar surface area (TPSA) is 6.48 Å². The van der Waals surface area contributed by atoms with E-state index in [1.165, 1.54) is 30.6 Å². The molecule has 2 nitrogen and oxygen atoms in total. The van der Waals surface area contributed by atoms with Crippen molar-refractivity contribution in [1.82, 2.24) is 4.90 Å². The Labute approximate surface area is 109 Å². The molecule has 17 heavy (non-hydrogen) atoms. The van der Waals surface area contributed by atoms with Crippen molar-refractivity contribution < 1.29 is 0 Å². The Morgan fingerprint density at radius 1 is 1.29 bits per heavy atom. The van der Waals surface area contributed by atoms with Crippen LogP contribution in [0.1, 0.15) is 18.4 Å². The minimum atomic E-state index is 0.599. The molecule has 0 saturated carbocycles. The molecule has 0 aromatic heterocycles. The van der Waals surface area contributed by atoms with Crippen molar-refractivity contribution in [1.29, 1.82) is 0 Å². The number of nitrogens with zero attached hydrogens (tertiary/aromatic N) is 2. The molecule has 1 saturated heterocycles. The summed E-state index contributed by atoms with van der Waals surface area (Å²) in [6.45, 7) is 2.32. The summed E-state index contributed by atoms with van der Waals surface area (Å²) in [5, 5.41) is 0. The molecule has 3 heteroatoms. The Bertz CT molecular complexity index is 348. The molecule has 1 aromatic carbocycles. The second-order valence-corrected chi connectivity index (χ2v) is 5.32. The van der Waals surface area contributed by atoms with Gasteiger partial charge in [0.2, 0.25) is 0 Å². The molecule has 0 radical (unpaired) electrons. The maximum atomic E-state index is 5.82. The predicted molar refractivity (Wildman–Crippen MR) is 74.9 cm³/mol. The molecule has 94 valence electrons. The fraction of sp³-hybridized carbons (Fsp3) is 0.571. The van der Waals surface area contributed by atoms with Crippen molar-refractivity contribution >= 4 is 17.3 Å². The van der Waals surface area contributed by atoms with E-state index >= 15 is 0 Å². The van der Waals surface area contributed by atoms with Crippen molar-refractivity contribution in [2.45, 2.75) is 24.8 Å². The van der Waals surface area contributed by atoms with Crippen molar-refractivity contribution in [2.24, 2.45) is 0 Å². The molecular weight excluding hydrogens is 232 g/mol. The van der Waals surface area contributed by atoms with Crippen molar-refractivity contribution in [3.8, 4) is 0 Å². The van der Waals surface area contributed by atoms with Crippen LogP contribution in [0.25, 0.3) is 0 Å². The maximum absolute atomic E-state index is 5.82. The highest BCUT2D eigenvalue weighted by molar-refractivity contribution is 6.17. The minimum Gasteiger partial charge on any atom is -0.367 e. The number of alkyl halides is 1. The number of likely N-dealkylation sites (N-methyl/N-ethyl adjacent to an activating group) is 1. The maximum Gasteiger partial charge on any atom is 0.0474 e. The van der Waals surface area contributed by atoms with Crippen LogP contribution in [0.5, 0.6) is 0 Å². The van der Waals surface area contributed by atoms with E-state index in [0.29, 0.717) is 11.9 Å². The van der Waals surface area contributed by atoms with Gasteiger partial charge in [-0.25, -0.2) is 0 Å². The number of hydrogen-bond donors (Lipinski definition) is 0. The summed E-state index contributed by atoms with van der Waals surface area (Å²) < 4.78 is 0. The highest BCUT2D eigenvalue weighted by Crippen LogP contribution is 2.26. The fourth-order valence-electron chi connectivity index (χ4n) is 2.56. The zero-order valence-corrected chi connectivity index (χ0v) is 11.5. The zero-order valence-electron chi connectivity index (χ0n) is 10.7. The number of hydrogen-bond acceptors (Lipinski definition) is 2. The van der Waals surface area contributed by atoms with Crippen molar-refractivity contribution in [3.05, 3.63) is 29.8 Å². The van der Waals surface area contributed by atoms with Crippen LogP contribution in [0, 0.1) is 0 Å². The molecule has 1 aliphatic rings. The highest BCUT2D eigenvalue weighted by atomic mass is 35.5. The molecule has 1 aliphatic heterocycles. The third-order valence-corrected chi connectivity index (χ3v) is 3.68. The molecule has 0 aliphatic carbocycles. The molecule has 2 rings (SSSR count). The second-order valence-electron chi connectivity index (χ2n) is 5.05. The van der Waals surface area contributed by atoms with Crippen LogP contribution in [0.3, 0.4) is 0 Å². The van der Waals surface area contributed by atoms with E-state index in [2.05, 4.69) is 48.2 Å². The summed E-state index contributed by atoms with van der Waals surface area (Å²) in [6.07, 6.45) is 2.60. The van der Waals surface area contributed by atoms with E-state index in [1.807, 2.05) is 0 Å². The molecule has 0 N–H and O–H groups in total. The van der Waals surface area contributed by atoms with Gasteiger partial charge in [0.25, 0.3) is 0 Å². The number of halogens is 1. The molecule has 1 fully saturated rings. The van der Waals surface area contributed by atoms with Gasteiger partial charge in [-0.2, -0.15) is 0 Å². The lowest BCUT2D eigenvalue weighted by atomic mass is 10.1. The molecule has 1 heterocycles. The molecule has 0 bridgehead atoms. The smallest absolute Gasteiger partial charge is 0.0474 e. The molecule has 0 amide bonds. The molecule has 1 aromatic rings. The Hall–Kier alpha value is -0.730. The lowest BCUT2D eigenvalue weighted by Crippen LogP contribution is -2.37. The lowest BCUT2D eigenvalue weighted by molar-refractivity contribution is 0.372. The van der Waals surface area contributed by atoms with Gasteiger partial charge in [-0.15, -0.1) is 11.6 Å². The zero-order chi connectivity index (χ0) is 12.3. The Balaban J connectivity index is 2.08. The predicted octanol–water partition coefficient (Wildman–Crippen LogP) is 2.96. The van der Waals surface area contributed by atoms with Gasteiger partial charge in [0.1, 0.15) is 0 Å².